The topological polar surface area (TPSA) is 123 Å². The van der Waals surface area contributed by atoms with Crippen LogP contribution in [0.15, 0.2) is 16.8 Å². The molecule has 0 radical (unpaired) electrons. The van der Waals surface area contributed by atoms with Crippen LogP contribution >= 0.6 is 0 Å². The largest absolute Gasteiger partial charge is 0.480 e. The third-order valence-corrected chi connectivity index (χ3v) is 2.77. The van der Waals surface area contributed by atoms with E-state index >= 15 is 0 Å². The number of nitrogens with zero attached hydrogens (tertiary/aromatic N) is 4. The number of nitrogens with one attached hydrogen (secondary N) is 1. The van der Waals surface area contributed by atoms with Gasteiger partial charge in [0.25, 0.3) is 0 Å². The Morgan fingerprint density at radius 3 is 2.86 bits per heavy atom. The van der Waals surface area contributed by atoms with Gasteiger partial charge in [-0.3, -0.25) is 14.3 Å². The van der Waals surface area contributed by atoms with Crippen molar-refractivity contribution in [3.63, 3.8) is 0 Å². The van der Waals surface area contributed by atoms with E-state index in [9.17, 15) is 9.59 Å². The fourth-order valence-electron chi connectivity index (χ4n) is 1.68. The van der Waals surface area contributed by atoms with Gasteiger partial charge in [0.15, 0.2) is 11.6 Å². The van der Waals surface area contributed by atoms with Gasteiger partial charge >= 0.3 is 5.97 Å². The molecule has 0 fully saturated rings. The monoisotopic (exact) mass is 307 g/mol. The highest BCUT2D eigenvalue weighted by molar-refractivity contribution is 5.89. The van der Waals surface area contributed by atoms with Crippen molar-refractivity contribution in [2.45, 2.75) is 39.2 Å². The summed E-state index contributed by atoms with van der Waals surface area (Å²) in [7, 11) is 0. The number of carboxylic acids is 1. The van der Waals surface area contributed by atoms with E-state index in [-0.39, 0.29) is 24.8 Å². The van der Waals surface area contributed by atoms with Gasteiger partial charge < -0.3 is 14.9 Å². The lowest BCUT2D eigenvalue weighted by molar-refractivity contribution is -0.137. The third kappa shape index (κ3) is 4.40. The van der Waals surface area contributed by atoms with Gasteiger partial charge in [0.2, 0.25) is 11.8 Å². The van der Waals surface area contributed by atoms with Crippen molar-refractivity contribution in [3.8, 4) is 0 Å². The first kappa shape index (κ1) is 15.7. The second-order valence-electron chi connectivity index (χ2n) is 5.04. The predicted octanol–water partition coefficient (Wildman–Crippen LogP) is 1.05. The lowest BCUT2D eigenvalue weighted by atomic mass is 10.2. The van der Waals surface area contributed by atoms with E-state index < -0.39 is 5.97 Å². The molecule has 2 aromatic rings. The van der Waals surface area contributed by atoms with Gasteiger partial charge in [-0.25, -0.2) is 0 Å². The van der Waals surface area contributed by atoms with Gasteiger partial charge in [-0.2, -0.15) is 10.1 Å². The molecule has 2 rings (SSSR count). The zero-order valence-corrected chi connectivity index (χ0v) is 12.3. The van der Waals surface area contributed by atoms with Crippen molar-refractivity contribution < 1.29 is 19.2 Å². The van der Waals surface area contributed by atoms with Crippen molar-refractivity contribution in [3.05, 3.63) is 24.0 Å². The van der Waals surface area contributed by atoms with Crippen LogP contribution in [0.5, 0.6) is 0 Å². The Balaban J connectivity index is 1.82. The number of rotatable bonds is 7. The summed E-state index contributed by atoms with van der Waals surface area (Å²) in [6, 6.07) is 1.53. The third-order valence-electron chi connectivity index (χ3n) is 2.77. The summed E-state index contributed by atoms with van der Waals surface area (Å²) in [6.45, 7) is 3.65. The average molecular weight is 307 g/mol. The van der Waals surface area contributed by atoms with E-state index in [2.05, 4.69) is 20.6 Å². The Labute approximate surface area is 126 Å². The average Bonchev–Trinajstić information content (AvgIpc) is 3.05. The number of carbonyl (C=O) groups excluding carboxylic acids is 1. The van der Waals surface area contributed by atoms with Crippen molar-refractivity contribution in [1.82, 2.24) is 19.9 Å². The summed E-state index contributed by atoms with van der Waals surface area (Å²) >= 11 is 0. The van der Waals surface area contributed by atoms with E-state index in [0.29, 0.717) is 24.0 Å². The van der Waals surface area contributed by atoms with Gasteiger partial charge in [-0.1, -0.05) is 19.0 Å². The minimum absolute atomic E-state index is 0.171. The van der Waals surface area contributed by atoms with Gasteiger partial charge in [-0.15, -0.1) is 0 Å². The molecule has 0 atom stereocenters. The first-order valence-corrected chi connectivity index (χ1v) is 6.81. The number of carbonyl (C=O) groups is 2. The molecule has 0 saturated carbocycles. The quantitative estimate of drug-likeness (QED) is 0.783. The molecule has 0 aliphatic heterocycles. The Hall–Kier alpha value is -2.71. The number of anilines is 1. The van der Waals surface area contributed by atoms with Crippen LogP contribution in [0.1, 0.15) is 37.9 Å². The Kier molecular flexibility index (Phi) is 4.87. The molecule has 118 valence electrons. The smallest absolute Gasteiger partial charge is 0.325 e. The number of carboxylic acid groups (broad SMARTS) is 1. The zero-order chi connectivity index (χ0) is 16.1. The zero-order valence-electron chi connectivity index (χ0n) is 12.3. The maximum absolute atomic E-state index is 11.8. The van der Waals surface area contributed by atoms with Crippen molar-refractivity contribution >= 4 is 17.7 Å². The molecular formula is C13H17N5O4. The Morgan fingerprint density at radius 2 is 2.23 bits per heavy atom. The van der Waals surface area contributed by atoms with Crippen LogP contribution in [0.3, 0.4) is 0 Å². The highest BCUT2D eigenvalue weighted by Gasteiger charge is 2.12. The van der Waals surface area contributed by atoms with Crippen LogP contribution in [0.2, 0.25) is 0 Å². The number of aryl methyl sites for hydroxylation is 1. The van der Waals surface area contributed by atoms with Crippen LogP contribution in [-0.2, 0) is 22.6 Å². The van der Waals surface area contributed by atoms with E-state index in [1.54, 1.807) is 0 Å². The molecular weight excluding hydrogens is 290 g/mol. The summed E-state index contributed by atoms with van der Waals surface area (Å²) in [4.78, 5) is 26.5. The number of aliphatic carboxylic acids is 1. The van der Waals surface area contributed by atoms with Crippen LogP contribution in [0, 0.1) is 0 Å². The second-order valence-corrected chi connectivity index (χ2v) is 5.04. The maximum atomic E-state index is 11.8. The molecule has 2 N–H and O–H groups in total. The summed E-state index contributed by atoms with van der Waals surface area (Å²) in [5, 5.41) is 19.0. The van der Waals surface area contributed by atoms with Gasteiger partial charge in [0, 0.05) is 31.0 Å². The number of aromatic nitrogens is 4. The van der Waals surface area contributed by atoms with E-state index in [4.69, 9.17) is 9.63 Å². The van der Waals surface area contributed by atoms with Crippen molar-refractivity contribution in [1.29, 1.82) is 0 Å². The van der Waals surface area contributed by atoms with Gasteiger partial charge in [0.1, 0.15) is 6.54 Å². The molecule has 0 saturated heterocycles. The molecule has 0 aromatic carbocycles. The standard InChI is InChI=1S/C13H17N5O4/c1-8(2)13-15-11(22-17-13)4-3-10(19)14-9-5-6-18(16-9)7-12(20)21/h5-6,8H,3-4,7H2,1-2H3,(H,20,21)(H,14,16,19). The van der Waals surface area contributed by atoms with E-state index in [0.717, 1.165) is 0 Å². The first-order chi connectivity index (χ1) is 10.4. The summed E-state index contributed by atoms with van der Waals surface area (Å²) < 4.78 is 6.28. The lowest BCUT2D eigenvalue weighted by Crippen LogP contribution is -2.14. The van der Waals surface area contributed by atoms with Gasteiger partial charge in [0.05, 0.1) is 0 Å². The molecule has 0 aliphatic rings. The van der Waals surface area contributed by atoms with Crippen molar-refractivity contribution in [2.24, 2.45) is 0 Å². The first-order valence-electron chi connectivity index (χ1n) is 6.81. The number of hydrogen-bond donors (Lipinski definition) is 2. The van der Waals surface area contributed by atoms with Crippen molar-refractivity contribution in [2.75, 3.05) is 5.32 Å². The Morgan fingerprint density at radius 1 is 1.45 bits per heavy atom. The normalized spacial score (nSPS) is 10.9. The highest BCUT2D eigenvalue weighted by Crippen LogP contribution is 2.11. The molecule has 22 heavy (non-hydrogen) atoms. The summed E-state index contributed by atoms with van der Waals surface area (Å²) in [6.07, 6.45) is 1.99. The number of amides is 1. The molecule has 1 amide bonds. The lowest BCUT2D eigenvalue weighted by Gasteiger charge is -2.00. The van der Waals surface area contributed by atoms with E-state index in [1.165, 1.54) is 16.9 Å². The predicted molar refractivity (Wildman–Crippen MR) is 75.2 cm³/mol. The maximum Gasteiger partial charge on any atom is 0.325 e. The molecule has 0 unspecified atom stereocenters. The fourth-order valence-corrected chi connectivity index (χ4v) is 1.68. The second kappa shape index (κ2) is 6.83. The SMILES string of the molecule is CC(C)c1noc(CCC(=O)Nc2ccn(CC(=O)O)n2)n1. The van der Waals surface area contributed by atoms with Crippen LogP contribution < -0.4 is 5.32 Å². The summed E-state index contributed by atoms with van der Waals surface area (Å²) in [5.74, 6) is 0.241. The van der Waals surface area contributed by atoms with E-state index in [1.807, 2.05) is 13.8 Å². The Bertz CT molecular complexity index is 661. The molecule has 2 heterocycles. The molecule has 9 heteroatoms. The minimum Gasteiger partial charge on any atom is -0.480 e. The highest BCUT2D eigenvalue weighted by atomic mass is 16.5. The minimum atomic E-state index is -1.00. The van der Waals surface area contributed by atoms with Crippen LogP contribution in [-0.4, -0.2) is 36.9 Å². The molecule has 2 aromatic heterocycles. The molecule has 0 aliphatic carbocycles. The van der Waals surface area contributed by atoms with Gasteiger partial charge in [-0.05, 0) is 0 Å². The number of hydrogen-bond acceptors (Lipinski definition) is 6. The van der Waals surface area contributed by atoms with Crippen LogP contribution in [0.25, 0.3) is 0 Å². The molecule has 9 nitrogen and oxygen atoms in total. The molecule has 0 bridgehead atoms. The summed E-state index contributed by atoms with van der Waals surface area (Å²) in [5.41, 5.74) is 0. The fraction of sp³-hybridized carbons (Fsp3) is 0.462. The van der Waals surface area contributed by atoms with Crippen LogP contribution in [0.4, 0.5) is 5.82 Å². The molecule has 0 spiro atoms.